The summed E-state index contributed by atoms with van der Waals surface area (Å²) in [5, 5.41) is 2.09. The van der Waals surface area contributed by atoms with Crippen LogP contribution >= 0.6 is 11.3 Å². The Bertz CT molecular complexity index is 602. The monoisotopic (exact) mass is 304 g/mol. The molecule has 0 bridgehead atoms. The number of ether oxygens (including phenoxy) is 1. The van der Waals surface area contributed by atoms with Crippen molar-refractivity contribution < 1.29 is 4.74 Å². The first-order chi connectivity index (χ1) is 10.4. The van der Waals surface area contributed by atoms with Gasteiger partial charge in [-0.2, -0.15) is 0 Å². The van der Waals surface area contributed by atoms with Gasteiger partial charge in [0.15, 0.2) is 0 Å². The highest BCUT2D eigenvalue weighted by Gasteiger charge is 2.24. The van der Waals surface area contributed by atoms with Crippen LogP contribution in [0.25, 0.3) is 10.2 Å². The number of nitrogens with zero attached hydrogens (tertiary/aromatic N) is 4. The molecule has 2 aromatic rings. The van der Waals surface area contributed by atoms with Crippen molar-refractivity contribution in [1.82, 2.24) is 14.9 Å². The lowest BCUT2D eigenvalue weighted by molar-refractivity contribution is 0.0712. The molecule has 2 aliphatic heterocycles. The molecule has 2 aromatic heterocycles. The van der Waals surface area contributed by atoms with E-state index >= 15 is 0 Å². The molecule has 5 nitrogen and oxygen atoms in total. The maximum Gasteiger partial charge on any atom is 0.150 e. The molecule has 0 N–H and O–H groups in total. The maximum absolute atomic E-state index is 5.74. The van der Waals surface area contributed by atoms with Crippen LogP contribution in [0.2, 0.25) is 0 Å². The fourth-order valence-corrected chi connectivity index (χ4v) is 4.08. The van der Waals surface area contributed by atoms with Crippen LogP contribution in [0.3, 0.4) is 0 Å². The Morgan fingerprint density at radius 1 is 1.24 bits per heavy atom. The Labute approximate surface area is 128 Å². The summed E-state index contributed by atoms with van der Waals surface area (Å²) < 4.78 is 6.95. The van der Waals surface area contributed by atoms with Crippen molar-refractivity contribution >= 4 is 27.4 Å². The fourth-order valence-electron chi connectivity index (χ4n) is 3.22. The molecule has 2 saturated heterocycles. The van der Waals surface area contributed by atoms with Gasteiger partial charge in [0.1, 0.15) is 12.1 Å². The van der Waals surface area contributed by atoms with Crippen molar-refractivity contribution in [3.05, 3.63) is 17.8 Å². The quantitative estimate of drug-likeness (QED) is 0.867. The zero-order chi connectivity index (χ0) is 14.1. The number of rotatable bonds is 3. The summed E-state index contributed by atoms with van der Waals surface area (Å²) in [7, 11) is 0. The number of thiophene rings is 1. The van der Waals surface area contributed by atoms with E-state index in [2.05, 4.69) is 31.2 Å². The molecule has 1 atom stereocenters. The molecule has 21 heavy (non-hydrogen) atoms. The largest absolute Gasteiger partial charge is 0.377 e. The third-order valence-corrected chi connectivity index (χ3v) is 5.28. The van der Waals surface area contributed by atoms with Crippen molar-refractivity contribution in [3.63, 3.8) is 0 Å². The van der Waals surface area contributed by atoms with Crippen LogP contribution in [0.4, 0.5) is 5.82 Å². The Hall–Kier alpha value is -1.24. The summed E-state index contributed by atoms with van der Waals surface area (Å²) >= 11 is 1.73. The number of fused-ring (bicyclic) bond motifs is 1. The van der Waals surface area contributed by atoms with Gasteiger partial charge in [0.05, 0.1) is 16.3 Å². The van der Waals surface area contributed by atoms with Gasteiger partial charge in [-0.15, -0.1) is 11.3 Å². The summed E-state index contributed by atoms with van der Waals surface area (Å²) in [6, 6.07) is 2.07. The van der Waals surface area contributed by atoms with E-state index in [1.807, 2.05) is 0 Å². The summed E-state index contributed by atoms with van der Waals surface area (Å²) in [5.41, 5.74) is 1.06. The Morgan fingerprint density at radius 3 is 2.95 bits per heavy atom. The van der Waals surface area contributed by atoms with E-state index in [1.54, 1.807) is 17.7 Å². The smallest absolute Gasteiger partial charge is 0.150 e. The second-order valence-electron chi connectivity index (χ2n) is 5.75. The minimum atomic E-state index is 0.458. The first-order valence-electron chi connectivity index (χ1n) is 7.67. The maximum atomic E-state index is 5.74. The van der Waals surface area contributed by atoms with Crippen LogP contribution in [-0.2, 0) is 4.74 Å². The van der Waals surface area contributed by atoms with E-state index in [9.17, 15) is 0 Å². The van der Waals surface area contributed by atoms with Crippen molar-refractivity contribution in [1.29, 1.82) is 0 Å². The molecule has 0 spiro atoms. The van der Waals surface area contributed by atoms with E-state index in [1.165, 1.54) is 17.5 Å². The number of aromatic nitrogens is 2. The molecular formula is C15H20N4OS. The number of hydrogen-bond acceptors (Lipinski definition) is 6. The van der Waals surface area contributed by atoms with Crippen LogP contribution < -0.4 is 4.90 Å². The molecule has 1 unspecified atom stereocenters. The molecule has 0 aromatic carbocycles. The van der Waals surface area contributed by atoms with Gasteiger partial charge in [0.25, 0.3) is 0 Å². The third kappa shape index (κ3) is 2.75. The topological polar surface area (TPSA) is 41.5 Å². The van der Waals surface area contributed by atoms with Crippen LogP contribution in [-0.4, -0.2) is 60.3 Å². The summed E-state index contributed by atoms with van der Waals surface area (Å²) in [6.45, 7) is 6.30. The summed E-state index contributed by atoms with van der Waals surface area (Å²) in [5.74, 6) is 1.10. The molecule has 6 heteroatoms. The first-order valence-corrected chi connectivity index (χ1v) is 8.55. The third-order valence-electron chi connectivity index (χ3n) is 4.38. The normalized spacial score (nSPS) is 24.0. The van der Waals surface area contributed by atoms with E-state index in [-0.39, 0.29) is 0 Å². The second kappa shape index (κ2) is 5.87. The lowest BCUT2D eigenvalue weighted by Gasteiger charge is -2.36. The van der Waals surface area contributed by atoms with E-state index in [4.69, 9.17) is 4.74 Å². The first kappa shape index (κ1) is 13.4. The van der Waals surface area contributed by atoms with Gasteiger partial charge in [-0.05, 0) is 24.3 Å². The molecule has 112 valence electrons. The highest BCUT2D eigenvalue weighted by atomic mass is 32.1. The lowest BCUT2D eigenvalue weighted by Crippen LogP contribution is -2.48. The van der Waals surface area contributed by atoms with Crippen molar-refractivity contribution in [2.24, 2.45) is 0 Å². The van der Waals surface area contributed by atoms with Crippen molar-refractivity contribution in [2.45, 2.75) is 18.9 Å². The van der Waals surface area contributed by atoms with Crippen LogP contribution in [0.1, 0.15) is 12.8 Å². The van der Waals surface area contributed by atoms with E-state index in [0.29, 0.717) is 6.10 Å². The number of piperazine rings is 1. The molecule has 4 heterocycles. The van der Waals surface area contributed by atoms with Gasteiger partial charge in [0, 0.05) is 39.3 Å². The highest BCUT2D eigenvalue weighted by Crippen LogP contribution is 2.28. The minimum Gasteiger partial charge on any atom is -0.377 e. The number of anilines is 1. The van der Waals surface area contributed by atoms with Crippen LogP contribution in [0.15, 0.2) is 17.8 Å². The average molecular weight is 304 g/mol. The minimum absolute atomic E-state index is 0.458. The molecule has 4 rings (SSSR count). The Kier molecular flexibility index (Phi) is 3.75. The van der Waals surface area contributed by atoms with E-state index < -0.39 is 0 Å². The van der Waals surface area contributed by atoms with Crippen molar-refractivity contribution in [3.8, 4) is 0 Å². The SMILES string of the molecule is c1nc(N2CCN(CC3CCCO3)CC2)c2sccc2n1. The van der Waals surface area contributed by atoms with E-state index in [0.717, 1.165) is 50.7 Å². The predicted molar refractivity (Wildman–Crippen MR) is 85.0 cm³/mol. The standard InChI is InChI=1S/C15H20N4OS/c1-2-12(20-8-1)10-18-4-6-19(7-5-18)15-14-13(3-9-21-14)16-11-17-15/h3,9,11-12H,1-2,4-8,10H2. The Morgan fingerprint density at radius 2 is 2.14 bits per heavy atom. The number of hydrogen-bond donors (Lipinski definition) is 0. The van der Waals surface area contributed by atoms with Gasteiger partial charge in [-0.3, -0.25) is 4.90 Å². The van der Waals surface area contributed by atoms with Gasteiger partial charge in [-0.25, -0.2) is 9.97 Å². The lowest BCUT2D eigenvalue weighted by atomic mass is 10.2. The molecule has 2 aliphatic rings. The van der Waals surface area contributed by atoms with Gasteiger partial charge in [0.2, 0.25) is 0 Å². The molecule has 0 radical (unpaired) electrons. The molecule has 2 fully saturated rings. The molecule has 0 saturated carbocycles. The van der Waals surface area contributed by atoms with Gasteiger partial charge in [-0.1, -0.05) is 0 Å². The Balaban J connectivity index is 1.41. The van der Waals surface area contributed by atoms with Gasteiger partial charge < -0.3 is 9.64 Å². The average Bonchev–Trinajstić information content (AvgIpc) is 3.18. The summed E-state index contributed by atoms with van der Waals surface area (Å²) in [6.07, 6.45) is 4.59. The molecule has 0 amide bonds. The fraction of sp³-hybridized carbons (Fsp3) is 0.600. The zero-order valence-electron chi connectivity index (χ0n) is 12.1. The predicted octanol–water partition coefficient (Wildman–Crippen LogP) is 1.99. The summed E-state index contributed by atoms with van der Waals surface area (Å²) in [4.78, 5) is 13.8. The van der Waals surface area contributed by atoms with Crippen molar-refractivity contribution in [2.75, 3.05) is 44.2 Å². The highest BCUT2D eigenvalue weighted by molar-refractivity contribution is 7.17. The zero-order valence-corrected chi connectivity index (χ0v) is 12.9. The van der Waals surface area contributed by atoms with Crippen LogP contribution in [0, 0.1) is 0 Å². The second-order valence-corrected chi connectivity index (χ2v) is 6.67. The molecule has 0 aliphatic carbocycles. The molecular weight excluding hydrogens is 284 g/mol. The van der Waals surface area contributed by atoms with Crippen LogP contribution in [0.5, 0.6) is 0 Å². The van der Waals surface area contributed by atoms with Gasteiger partial charge >= 0.3 is 0 Å².